The monoisotopic (exact) mass is 264 g/mol. The smallest absolute Gasteiger partial charge is 0.306 e. The Balaban J connectivity index is 2.04. The van der Waals surface area contributed by atoms with E-state index in [0.29, 0.717) is 12.8 Å². The third kappa shape index (κ3) is 3.33. The summed E-state index contributed by atoms with van der Waals surface area (Å²) < 4.78 is 0. The van der Waals surface area contributed by atoms with E-state index in [4.69, 9.17) is 5.11 Å². The van der Waals surface area contributed by atoms with Crippen LogP contribution >= 0.6 is 0 Å². The lowest BCUT2D eigenvalue weighted by Crippen LogP contribution is -2.37. The van der Waals surface area contributed by atoms with Crippen LogP contribution in [0.3, 0.4) is 0 Å². The zero-order valence-corrected chi connectivity index (χ0v) is 11.2. The van der Waals surface area contributed by atoms with Gasteiger partial charge in [-0.25, -0.2) is 9.97 Å². The van der Waals surface area contributed by atoms with Gasteiger partial charge in [-0.3, -0.25) is 4.79 Å². The Morgan fingerprint density at radius 2 is 2.11 bits per heavy atom. The maximum Gasteiger partial charge on any atom is 0.306 e. The molecule has 2 heterocycles. The van der Waals surface area contributed by atoms with Crippen molar-refractivity contribution in [2.75, 3.05) is 29.9 Å². The van der Waals surface area contributed by atoms with Crippen molar-refractivity contribution in [2.24, 2.45) is 5.92 Å². The molecule has 0 saturated carbocycles. The van der Waals surface area contributed by atoms with E-state index >= 15 is 0 Å². The third-order valence-corrected chi connectivity index (χ3v) is 3.37. The van der Waals surface area contributed by atoms with Gasteiger partial charge < -0.3 is 15.3 Å². The summed E-state index contributed by atoms with van der Waals surface area (Å²) in [7, 11) is 0. The summed E-state index contributed by atoms with van der Waals surface area (Å²) in [4.78, 5) is 21.8. The van der Waals surface area contributed by atoms with E-state index < -0.39 is 5.97 Å². The molecule has 19 heavy (non-hydrogen) atoms. The zero-order valence-electron chi connectivity index (χ0n) is 11.2. The predicted octanol–water partition coefficient (Wildman–Crippen LogP) is 1.60. The summed E-state index contributed by atoms with van der Waals surface area (Å²) >= 11 is 0. The van der Waals surface area contributed by atoms with Gasteiger partial charge in [0.05, 0.1) is 5.92 Å². The van der Waals surface area contributed by atoms with Gasteiger partial charge in [0.15, 0.2) is 11.6 Å². The summed E-state index contributed by atoms with van der Waals surface area (Å²) in [6.07, 6.45) is 5.70. The maximum absolute atomic E-state index is 10.9. The van der Waals surface area contributed by atoms with Crippen LogP contribution in [-0.4, -0.2) is 40.7 Å². The van der Waals surface area contributed by atoms with Gasteiger partial charge in [-0.05, 0) is 19.3 Å². The van der Waals surface area contributed by atoms with E-state index in [0.717, 1.165) is 37.7 Å². The lowest BCUT2D eigenvalue weighted by Gasteiger charge is -2.31. The highest BCUT2D eigenvalue weighted by atomic mass is 16.4. The molecule has 1 aromatic heterocycles. The SMILES string of the molecule is CCCNc1nccnc1N1CCC(C(=O)O)CC1. The van der Waals surface area contributed by atoms with Crippen molar-refractivity contribution in [3.63, 3.8) is 0 Å². The number of nitrogens with zero attached hydrogens (tertiary/aromatic N) is 3. The zero-order chi connectivity index (χ0) is 13.7. The molecule has 0 aliphatic carbocycles. The van der Waals surface area contributed by atoms with E-state index in [1.54, 1.807) is 12.4 Å². The van der Waals surface area contributed by atoms with Crippen LogP contribution in [0.2, 0.25) is 0 Å². The third-order valence-electron chi connectivity index (χ3n) is 3.37. The Morgan fingerprint density at radius 1 is 1.42 bits per heavy atom. The second kappa shape index (κ2) is 6.36. The second-order valence-corrected chi connectivity index (χ2v) is 4.75. The van der Waals surface area contributed by atoms with Crippen LogP contribution in [0.4, 0.5) is 11.6 Å². The van der Waals surface area contributed by atoms with Crippen LogP contribution in [0.15, 0.2) is 12.4 Å². The van der Waals surface area contributed by atoms with Gasteiger partial charge in [-0.1, -0.05) is 6.92 Å². The van der Waals surface area contributed by atoms with Gasteiger partial charge >= 0.3 is 5.97 Å². The van der Waals surface area contributed by atoms with E-state index in [-0.39, 0.29) is 5.92 Å². The molecule has 6 heteroatoms. The molecule has 0 amide bonds. The Morgan fingerprint density at radius 3 is 2.74 bits per heavy atom. The fourth-order valence-electron chi connectivity index (χ4n) is 2.27. The lowest BCUT2D eigenvalue weighted by atomic mass is 9.97. The highest BCUT2D eigenvalue weighted by Gasteiger charge is 2.26. The van der Waals surface area contributed by atoms with Crippen molar-refractivity contribution < 1.29 is 9.90 Å². The lowest BCUT2D eigenvalue weighted by molar-refractivity contribution is -0.142. The van der Waals surface area contributed by atoms with Crippen LogP contribution in [-0.2, 0) is 4.79 Å². The van der Waals surface area contributed by atoms with Crippen LogP contribution in [0.1, 0.15) is 26.2 Å². The standard InChI is InChI=1S/C13H20N4O2/c1-2-5-14-11-12(16-7-6-15-11)17-8-3-10(4-9-17)13(18)19/h6-7,10H,2-5,8-9H2,1H3,(H,14,15)(H,18,19). The number of aliphatic carboxylic acids is 1. The molecule has 1 saturated heterocycles. The number of carbonyl (C=O) groups is 1. The molecule has 0 atom stereocenters. The van der Waals surface area contributed by atoms with Crippen LogP contribution in [0, 0.1) is 5.92 Å². The van der Waals surface area contributed by atoms with Gasteiger partial charge in [-0.2, -0.15) is 0 Å². The minimum Gasteiger partial charge on any atom is -0.481 e. The molecule has 2 rings (SSSR count). The summed E-state index contributed by atoms with van der Waals surface area (Å²) in [5.41, 5.74) is 0. The molecule has 0 aromatic carbocycles. The molecule has 0 spiro atoms. The van der Waals surface area contributed by atoms with Crippen molar-refractivity contribution in [1.29, 1.82) is 0 Å². The average Bonchev–Trinajstić information content (AvgIpc) is 2.45. The Hall–Kier alpha value is -1.85. The molecule has 0 bridgehead atoms. The molecule has 104 valence electrons. The normalized spacial score (nSPS) is 16.4. The van der Waals surface area contributed by atoms with Gasteiger partial charge in [0.25, 0.3) is 0 Å². The molecular weight excluding hydrogens is 244 g/mol. The number of hydrogen-bond acceptors (Lipinski definition) is 5. The molecule has 6 nitrogen and oxygen atoms in total. The largest absolute Gasteiger partial charge is 0.481 e. The van der Waals surface area contributed by atoms with Gasteiger partial charge in [0.1, 0.15) is 0 Å². The number of hydrogen-bond donors (Lipinski definition) is 2. The molecule has 1 aromatic rings. The Bertz CT molecular complexity index is 430. The van der Waals surface area contributed by atoms with Gasteiger partial charge in [-0.15, -0.1) is 0 Å². The minimum absolute atomic E-state index is 0.222. The first-order valence-corrected chi connectivity index (χ1v) is 6.75. The summed E-state index contributed by atoms with van der Waals surface area (Å²) in [5.74, 6) is 0.709. The fraction of sp³-hybridized carbons (Fsp3) is 0.615. The van der Waals surface area contributed by atoms with E-state index in [9.17, 15) is 4.79 Å². The van der Waals surface area contributed by atoms with Crippen molar-refractivity contribution in [1.82, 2.24) is 9.97 Å². The van der Waals surface area contributed by atoms with Crippen LogP contribution in [0.25, 0.3) is 0 Å². The average molecular weight is 264 g/mol. The first kappa shape index (κ1) is 13.6. The minimum atomic E-state index is -0.692. The summed E-state index contributed by atoms with van der Waals surface area (Å²) in [6, 6.07) is 0. The van der Waals surface area contributed by atoms with Crippen LogP contribution < -0.4 is 10.2 Å². The molecule has 0 unspecified atom stereocenters. The van der Waals surface area contributed by atoms with E-state index in [1.807, 2.05) is 0 Å². The Labute approximate surface area is 112 Å². The van der Waals surface area contributed by atoms with Gasteiger partial charge in [0.2, 0.25) is 0 Å². The molecule has 0 radical (unpaired) electrons. The number of rotatable bonds is 5. The van der Waals surface area contributed by atoms with Crippen molar-refractivity contribution >= 4 is 17.6 Å². The first-order valence-electron chi connectivity index (χ1n) is 6.75. The maximum atomic E-state index is 10.9. The quantitative estimate of drug-likeness (QED) is 0.841. The molecule has 1 aliphatic rings. The first-order chi connectivity index (χ1) is 9.22. The van der Waals surface area contributed by atoms with E-state index in [2.05, 4.69) is 27.1 Å². The van der Waals surface area contributed by atoms with E-state index in [1.165, 1.54) is 0 Å². The highest BCUT2D eigenvalue weighted by Crippen LogP contribution is 2.26. The fourth-order valence-corrected chi connectivity index (χ4v) is 2.27. The summed E-state index contributed by atoms with van der Waals surface area (Å²) in [6.45, 7) is 4.39. The molecular formula is C13H20N4O2. The van der Waals surface area contributed by atoms with Gasteiger partial charge in [0, 0.05) is 32.0 Å². The number of aromatic nitrogens is 2. The second-order valence-electron chi connectivity index (χ2n) is 4.75. The number of carboxylic acids is 1. The number of carboxylic acid groups (broad SMARTS) is 1. The van der Waals surface area contributed by atoms with Crippen molar-refractivity contribution in [3.05, 3.63) is 12.4 Å². The Kier molecular flexibility index (Phi) is 4.54. The van der Waals surface area contributed by atoms with Crippen molar-refractivity contribution in [2.45, 2.75) is 26.2 Å². The number of nitrogens with one attached hydrogen (secondary N) is 1. The van der Waals surface area contributed by atoms with Crippen LogP contribution in [0.5, 0.6) is 0 Å². The highest BCUT2D eigenvalue weighted by molar-refractivity contribution is 5.70. The topological polar surface area (TPSA) is 78.4 Å². The molecule has 2 N–H and O–H groups in total. The van der Waals surface area contributed by atoms with Crippen molar-refractivity contribution in [3.8, 4) is 0 Å². The number of anilines is 2. The molecule has 1 aliphatic heterocycles. The number of piperidine rings is 1. The predicted molar refractivity (Wildman–Crippen MR) is 73.4 cm³/mol. The summed E-state index contributed by atoms with van der Waals surface area (Å²) in [5, 5.41) is 12.3. The molecule has 1 fully saturated rings.